The topological polar surface area (TPSA) is 77.0 Å². The van der Waals surface area contributed by atoms with Crippen LogP contribution in [0.25, 0.3) is 21.9 Å². The van der Waals surface area contributed by atoms with Crippen LogP contribution in [0, 0.1) is 0 Å². The van der Waals surface area contributed by atoms with Gasteiger partial charge in [0.1, 0.15) is 6.61 Å². The van der Waals surface area contributed by atoms with E-state index in [1.165, 1.54) is 0 Å². The smallest absolute Gasteiger partial charge is 0.322 e. The van der Waals surface area contributed by atoms with Gasteiger partial charge < -0.3 is 10.1 Å². The monoisotopic (exact) mass is 414 g/mol. The van der Waals surface area contributed by atoms with E-state index in [0.29, 0.717) is 11.1 Å². The molecule has 0 amide bonds. The van der Waals surface area contributed by atoms with Gasteiger partial charge in [-0.15, -0.1) is 0 Å². The fourth-order valence-corrected chi connectivity index (χ4v) is 3.85. The maximum Gasteiger partial charge on any atom is 0.322 e. The SMILES string of the molecule is C=CCOc1nc(Cl)nc(Nc2ccc3c4c(cccc24)C(=O)c2ccccc2-3)n1. The molecule has 1 aliphatic carbocycles. The van der Waals surface area contributed by atoms with Crippen molar-refractivity contribution < 1.29 is 9.53 Å². The molecule has 0 bridgehead atoms. The number of benzene rings is 3. The maximum atomic E-state index is 13.1. The van der Waals surface area contributed by atoms with Crippen molar-refractivity contribution in [3.05, 3.63) is 83.7 Å². The average molecular weight is 415 g/mol. The third-order valence-corrected chi connectivity index (χ3v) is 5.08. The molecule has 1 N–H and O–H groups in total. The highest BCUT2D eigenvalue weighted by atomic mass is 35.5. The van der Waals surface area contributed by atoms with Gasteiger partial charge in [0.25, 0.3) is 0 Å². The summed E-state index contributed by atoms with van der Waals surface area (Å²) in [5.74, 6) is 0.265. The van der Waals surface area contributed by atoms with Crippen LogP contribution in [0.1, 0.15) is 15.9 Å². The van der Waals surface area contributed by atoms with Gasteiger partial charge in [0.15, 0.2) is 5.78 Å². The van der Waals surface area contributed by atoms with Crippen molar-refractivity contribution in [3.63, 3.8) is 0 Å². The largest absolute Gasteiger partial charge is 0.459 e. The molecule has 0 spiro atoms. The van der Waals surface area contributed by atoms with Gasteiger partial charge in [-0.1, -0.05) is 61.2 Å². The summed E-state index contributed by atoms with van der Waals surface area (Å²) < 4.78 is 5.37. The Morgan fingerprint density at radius 1 is 0.933 bits per heavy atom. The number of nitrogens with one attached hydrogen (secondary N) is 1. The molecular weight excluding hydrogens is 400 g/mol. The lowest BCUT2D eigenvalue weighted by atomic mass is 9.82. The second kappa shape index (κ2) is 7.24. The van der Waals surface area contributed by atoms with E-state index in [1.807, 2.05) is 54.6 Å². The van der Waals surface area contributed by atoms with E-state index >= 15 is 0 Å². The molecule has 7 heteroatoms. The summed E-state index contributed by atoms with van der Waals surface area (Å²) in [6.45, 7) is 3.85. The minimum absolute atomic E-state index is 0.0124. The number of carbonyl (C=O) groups is 1. The zero-order chi connectivity index (χ0) is 20.7. The first-order chi connectivity index (χ1) is 14.7. The summed E-state index contributed by atoms with van der Waals surface area (Å²) in [6.07, 6.45) is 1.59. The highest BCUT2D eigenvalue weighted by Crippen LogP contribution is 2.42. The Kier molecular flexibility index (Phi) is 4.41. The predicted octanol–water partition coefficient (Wildman–Crippen LogP) is 5.20. The molecule has 3 aromatic carbocycles. The summed E-state index contributed by atoms with van der Waals surface area (Å²) in [7, 11) is 0. The van der Waals surface area contributed by atoms with Gasteiger partial charge in [-0.2, -0.15) is 15.0 Å². The Bertz CT molecular complexity index is 1340. The van der Waals surface area contributed by atoms with Crippen LogP contribution >= 0.6 is 11.6 Å². The molecule has 0 fully saturated rings. The van der Waals surface area contributed by atoms with Crippen molar-refractivity contribution in [2.45, 2.75) is 0 Å². The average Bonchev–Trinajstić information content (AvgIpc) is 2.76. The van der Waals surface area contributed by atoms with Crippen molar-refractivity contribution in [1.29, 1.82) is 0 Å². The molecule has 0 unspecified atom stereocenters. The number of fused-ring (bicyclic) bond motifs is 2. The summed E-state index contributed by atoms with van der Waals surface area (Å²) in [4.78, 5) is 25.4. The molecule has 0 aliphatic heterocycles. The van der Waals surface area contributed by atoms with Crippen LogP contribution in [-0.2, 0) is 0 Å². The highest BCUT2D eigenvalue weighted by Gasteiger charge is 2.25. The Morgan fingerprint density at radius 3 is 2.57 bits per heavy atom. The molecule has 5 rings (SSSR count). The predicted molar refractivity (Wildman–Crippen MR) is 117 cm³/mol. The van der Waals surface area contributed by atoms with E-state index in [1.54, 1.807) is 6.08 Å². The van der Waals surface area contributed by atoms with Crippen LogP contribution in [0.3, 0.4) is 0 Å². The van der Waals surface area contributed by atoms with Crippen LogP contribution in [-0.4, -0.2) is 27.3 Å². The zero-order valence-corrected chi connectivity index (χ0v) is 16.5. The fraction of sp³-hybridized carbons (Fsp3) is 0.0435. The van der Waals surface area contributed by atoms with Crippen molar-refractivity contribution in [3.8, 4) is 17.1 Å². The van der Waals surface area contributed by atoms with E-state index in [4.69, 9.17) is 16.3 Å². The first-order valence-corrected chi connectivity index (χ1v) is 9.65. The normalized spacial score (nSPS) is 11.8. The number of ketones is 1. The molecule has 0 saturated heterocycles. The summed E-state index contributed by atoms with van der Waals surface area (Å²) >= 11 is 6.02. The molecule has 0 atom stereocenters. The molecule has 146 valence electrons. The number of aromatic nitrogens is 3. The number of rotatable bonds is 5. The molecule has 1 aromatic heterocycles. The van der Waals surface area contributed by atoms with Gasteiger partial charge in [0, 0.05) is 27.6 Å². The molecule has 30 heavy (non-hydrogen) atoms. The Morgan fingerprint density at radius 2 is 1.73 bits per heavy atom. The molecule has 6 nitrogen and oxygen atoms in total. The lowest BCUT2D eigenvalue weighted by Gasteiger charge is -2.21. The van der Waals surface area contributed by atoms with E-state index < -0.39 is 0 Å². The fourth-order valence-electron chi connectivity index (χ4n) is 3.70. The van der Waals surface area contributed by atoms with Crippen LogP contribution in [0.5, 0.6) is 6.01 Å². The third kappa shape index (κ3) is 2.98. The van der Waals surface area contributed by atoms with Gasteiger partial charge >= 0.3 is 6.01 Å². The summed E-state index contributed by atoms with van der Waals surface area (Å²) in [6, 6.07) is 17.4. The summed E-state index contributed by atoms with van der Waals surface area (Å²) in [5.41, 5.74) is 4.09. The third-order valence-electron chi connectivity index (χ3n) is 4.91. The minimum atomic E-state index is 0.0124. The number of nitrogens with zero attached hydrogens (tertiary/aromatic N) is 3. The van der Waals surface area contributed by atoms with Crippen LogP contribution < -0.4 is 10.1 Å². The number of hydrogen-bond acceptors (Lipinski definition) is 6. The number of anilines is 2. The number of carbonyl (C=O) groups excluding carboxylic acids is 1. The van der Waals surface area contributed by atoms with Crippen LogP contribution in [0.15, 0.2) is 67.3 Å². The van der Waals surface area contributed by atoms with Gasteiger partial charge in [-0.25, -0.2) is 0 Å². The molecular formula is C23H15ClN4O2. The number of hydrogen-bond donors (Lipinski definition) is 1. The van der Waals surface area contributed by atoms with E-state index in [2.05, 4.69) is 26.8 Å². The van der Waals surface area contributed by atoms with Gasteiger partial charge in [0.2, 0.25) is 11.2 Å². The lowest BCUT2D eigenvalue weighted by Crippen LogP contribution is -2.10. The molecule has 0 radical (unpaired) electrons. The van der Waals surface area contributed by atoms with Crippen molar-refractivity contribution in [1.82, 2.24) is 15.0 Å². The van der Waals surface area contributed by atoms with Gasteiger partial charge in [-0.3, -0.25) is 4.79 Å². The summed E-state index contributed by atoms with van der Waals surface area (Å²) in [5, 5.41) is 4.98. The molecule has 1 aliphatic rings. The van der Waals surface area contributed by atoms with Crippen molar-refractivity contribution in [2.24, 2.45) is 0 Å². The maximum absolute atomic E-state index is 13.1. The Labute approximate surface area is 177 Å². The minimum Gasteiger partial charge on any atom is -0.459 e. The van der Waals surface area contributed by atoms with Crippen molar-refractivity contribution >= 4 is 39.8 Å². The second-order valence-electron chi connectivity index (χ2n) is 6.70. The van der Waals surface area contributed by atoms with Crippen LogP contribution in [0.4, 0.5) is 11.6 Å². The van der Waals surface area contributed by atoms with E-state index in [-0.39, 0.29) is 29.6 Å². The van der Waals surface area contributed by atoms with Gasteiger partial charge in [0.05, 0.1) is 0 Å². The lowest BCUT2D eigenvalue weighted by molar-refractivity contribution is 0.104. The van der Waals surface area contributed by atoms with E-state index in [9.17, 15) is 4.79 Å². The Hall–Kier alpha value is -3.77. The number of ether oxygens (including phenoxy) is 1. The van der Waals surface area contributed by atoms with Gasteiger partial charge in [-0.05, 0) is 28.8 Å². The quantitative estimate of drug-likeness (QED) is 0.398. The van der Waals surface area contributed by atoms with Crippen molar-refractivity contribution in [2.75, 3.05) is 11.9 Å². The van der Waals surface area contributed by atoms with E-state index in [0.717, 1.165) is 27.6 Å². The molecule has 4 aromatic rings. The zero-order valence-electron chi connectivity index (χ0n) is 15.7. The number of halogens is 1. The molecule has 0 saturated carbocycles. The Balaban J connectivity index is 1.64. The molecule has 1 heterocycles. The first kappa shape index (κ1) is 18.3. The first-order valence-electron chi connectivity index (χ1n) is 9.28. The standard InChI is InChI=1S/C23H15ClN4O2/c1-2-12-30-23-27-21(24)26-22(28-23)25-18-11-10-14-13-6-3-4-7-15(13)20(29)17-9-5-8-16(18)19(14)17/h2-11H,1,12H2,(H,25,26,27,28). The van der Waals surface area contributed by atoms with Crippen LogP contribution in [0.2, 0.25) is 5.28 Å². The second-order valence-corrected chi connectivity index (χ2v) is 7.04. The highest BCUT2D eigenvalue weighted by molar-refractivity contribution is 6.28.